The van der Waals surface area contributed by atoms with Crippen molar-refractivity contribution in [1.82, 2.24) is 9.80 Å². The molecular weight excluding hydrogens is 224 g/mol. The van der Waals surface area contributed by atoms with Crippen molar-refractivity contribution in [2.45, 2.75) is 18.2 Å². The highest BCUT2D eigenvalue weighted by Crippen LogP contribution is 2.32. The molecule has 16 heavy (non-hydrogen) atoms. The lowest BCUT2D eigenvalue weighted by Crippen LogP contribution is -2.42. The van der Waals surface area contributed by atoms with Crippen LogP contribution in [0, 0.1) is 5.92 Å². The number of likely N-dealkylation sites (N-methyl/N-ethyl adjacent to an activating group) is 1. The van der Waals surface area contributed by atoms with E-state index in [2.05, 4.69) is 16.8 Å². The monoisotopic (exact) mass is 246 g/mol. The van der Waals surface area contributed by atoms with E-state index in [1.54, 1.807) is 0 Å². The van der Waals surface area contributed by atoms with Gasteiger partial charge in [-0.1, -0.05) is 0 Å². The molecule has 1 heterocycles. The Morgan fingerprint density at radius 2 is 2.00 bits per heavy atom. The van der Waals surface area contributed by atoms with Crippen LogP contribution in [0.15, 0.2) is 0 Å². The second-order valence-electron chi connectivity index (χ2n) is 5.15. The van der Waals surface area contributed by atoms with Crippen LogP contribution in [0.4, 0.5) is 0 Å². The maximum absolute atomic E-state index is 5.99. The Kier molecular flexibility index (Phi) is 4.89. The van der Waals surface area contributed by atoms with Gasteiger partial charge in [0.05, 0.1) is 13.2 Å². The standard InChI is InChI=1S/C12H23ClN2O/c1-14(10-11-8-12(13)9-11)2-3-15-4-6-16-7-5-15/h11-12H,2-10H2,1H3. The highest BCUT2D eigenvalue weighted by molar-refractivity contribution is 6.21. The van der Waals surface area contributed by atoms with Crippen molar-refractivity contribution in [3.63, 3.8) is 0 Å². The summed E-state index contributed by atoms with van der Waals surface area (Å²) < 4.78 is 5.34. The fourth-order valence-corrected chi connectivity index (χ4v) is 2.98. The first-order chi connectivity index (χ1) is 7.74. The van der Waals surface area contributed by atoms with Gasteiger partial charge in [0.2, 0.25) is 0 Å². The van der Waals surface area contributed by atoms with Crippen molar-refractivity contribution in [3.8, 4) is 0 Å². The van der Waals surface area contributed by atoms with E-state index in [0.717, 1.165) is 32.2 Å². The highest BCUT2D eigenvalue weighted by Gasteiger charge is 2.27. The van der Waals surface area contributed by atoms with E-state index in [9.17, 15) is 0 Å². The number of morpholine rings is 1. The summed E-state index contributed by atoms with van der Waals surface area (Å²) in [5.41, 5.74) is 0. The summed E-state index contributed by atoms with van der Waals surface area (Å²) in [4.78, 5) is 4.94. The van der Waals surface area contributed by atoms with Crippen LogP contribution in [-0.2, 0) is 4.74 Å². The Balaban J connectivity index is 1.54. The first-order valence-electron chi connectivity index (χ1n) is 6.37. The summed E-state index contributed by atoms with van der Waals surface area (Å²) in [7, 11) is 2.22. The zero-order valence-corrected chi connectivity index (χ0v) is 11.0. The molecule has 1 saturated heterocycles. The normalized spacial score (nSPS) is 31.7. The van der Waals surface area contributed by atoms with E-state index in [0.29, 0.717) is 5.38 Å². The quantitative estimate of drug-likeness (QED) is 0.680. The average molecular weight is 247 g/mol. The second kappa shape index (κ2) is 6.20. The number of nitrogens with zero attached hydrogens (tertiary/aromatic N) is 2. The third-order valence-electron chi connectivity index (χ3n) is 3.65. The molecule has 0 spiro atoms. The molecule has 0 aromatic rings. The lowest BCUT2D eigenvalue weighted by atomic mass is 9.84. The van der Waals surface area contributed by atoms with Crippen LogP contribution in [0.1, 0.15) is 12.8 Å². The van der Waals surface area contributed by atoms with Gasteiger partial charge in [-0.05, 0) is 25.8 Å². The predicted octanol–water partition coefficient (Wildman–Crippen LogP) is 1.27. The summed E-state index contributed by atoms with van der Waals surface area (Å²) in [6, 6.07) is 0. The molecule has 0 atom stereocenters. The number of ether oxygens (including phenoxy) is 1. The zero-order chi connectivity index (χ0) is 11.4. The summed E-state index contributed by atoms with van der Waals surface area (Å²) in [6.45, 7) is 7.57. The van der Waals surface area contributed by atoms with Crippen LogP contribution < -0.4 is 0 Å². The number of rotatable bonds is 5. The summed E-state index contributed by atoms with van der Waals surface area (Å²) >= 11 is 5.99. The third kappa shape index (κ3) is 3.88. The molecule has 0 radical (unpaired) electrons. The molecule has 2 fully saturated rings. The fraction of sp³-hybridized carbons (Fsp3) is 1.00. The maximum atomic E-state index is 5.99. The Bertz CT molecular complexity index is 203. The molecule has 4 heteroatoms. The largest absolute Gasteiger partial charge is 0.379 e. The molecule has 0 aromatic carbocycles. The molecule has 3 nitrogen and oxygen atoms in total. The van der Waals surface area contributed by atoms with Crippen molar-refractivity contribution in [3.05, 3.63) is 0 Å². The van der Waals surface area contributed by atoms with Gasteiger partial charge in [-0.25, -0.2) is 0 Å². The minimum absolute atomic E-state index is 0.456. The Morgan fingerprint density at radius 3 is 2.62 bits per heavy atom. The summed E-state index contributed by atoms with van der Waals surface area (Å²) in [6.07, 6.45) is 2.42. The molecule has 2 aliphatic rings. The fourth-order valence-electron chi connectivity index (χ4n) is 2.47. The van der Waals surface area contributed by atoms with Crippen molar-refractivity contribution in [2.24, 2.45) is 5.92 Å². The van der Waals surface area contributed by atoms with Crippen molar-refractivity contribution >= 4 is 11.6 Å². The topological polar surface area (TPSA) is 15.7 Å². The molecule has 1 saturated carbocycles. The second-order valence-corrected chi connectivity index (χ2v) is 5.77. The van der Waals surface area contributed by atoms with E-state index < -0.39 is 0 Å². The van der Waals surface area contributed by atoms with Crippen LogP contribution in [0.5, 0.6) is 0 Å². The molecule has 0 amide bonds. The van der Waals surface area contributed by atoms with E-state index in [1.807, 2.05) is 0 Å². The smallest absolute Gasteiger partial charge is 0.0594 e. The Labute approximate surface area is 104 Å². The maximum Gasteiger partial charge on any atom is 0.0594 e. The van der Waals surface area contributed by atoms with Crippen LogP contribution in [0.2, 0.25) is 0 Å². The van der Waals surface area contributed by atoms with Crippen molar-refractivity contribution < 1.29 is 4.74 Å². The molecule has 1 aliphatic carbocycles. The molecule has 2 rings (SSSR count). The number of hydrogen-bond acceptors (Lipinski definition) is 3. The van der Waals surface area contributed by atoms with E-state index in [4.69, 9.17) is 16.3 Å². The number of alkyl halides is 1. The van der Waals surface area contributed by atoms with Crippen LogP contribution >= 0.6 is 11.6 Å². The zero-order valence-electron chi connectivity index (χ0n) is 10.2. The van der Waals surface area contributed by atoms with Crippen LogP contribution in [0.25, 0.3) is 0 Å². The van der Waals surface area contributed by atoms with Gasteiger partial charge in [-0.15, -0.1) is 11.6 Å². The lowest BCUT2D eigenvalue weighted by molar-refractivity contribution is 0.0333. The SMILES string of the molecule is CN(CCN1CCOCC1)CC1CC(Cl)C1. The molecule has 0 bridgehead atoms. The van der Waals surface area contributed by atoms with Crippen molar-refractivity contribution in [1.29, 1.82) is 0 Å². The Morgan fingerprint density at radius 1 is 1.31 bits per heavy atom. The van der Waals surface area contributed by atoms with Gasteiger partial charge >= 0.3 is 0 Å². The number of halogens is 1. The number of hydrogen-bond donors (Lipinski definition) is 0. The highest BCUT2D eigenvalue weighted by atomic mass is 35.5. The minimum atomic E-state index is 0.456. The summed E-state index contributed by atoms with van der Waals surface area (Å²) in [5.74, 6) is 0.845. The van der Waals surface area contributed by atoms with E-state index in [1.165, 1.54) is 32.5 Å². The lowest BCUT2D eigenvalue weighted by Gasteiger charge is -2.35. The van der Waals surface area contributed by atoms with Gasteiger partial charge in [0, 0.05) is 38.1 Å². The van der Waals surface area contributed by atoms with E-state index >= 15 is 0 Å². The summed E-state index contributed by atoms with van der Waals surface area (Å²) in [5, 5.41) is 0.456. The van der Waals surface area contributed by atoms with Gasteiger partial charge in [0.25, 0.3) is 0 Å². The van der Waals surface area contributed by atoms with Crippen LogP contribution in [0.3, 0.4) is 0 Å². The molecule has 0 aromatic heterocycles. The van der Waals surface area contributed by atoms with Gasteiger partial charge in [-0.3, -0.25) is 4.90 Å². The van der Waals surface area contributed by atoms with Gasteiger partial charge in [0.15, 0.2) is 0 Å². The van der Waals surface area contributed by atoms with E-state index in [-0.39, 0.29) is 0 Å². The first kappa shape index (κ1) is 12.6. The van der Waals surface area contributed by atoms with Crippen molar-refractivity contribution in [2.75, 3.05) is 53.0 Å². The average Bonchev–Trinajstić information content (AvgIpc) is 2.26. The first-order valence-corrected chi connectivity index (χ1v) is 6.80. The molecular formula is C12H23ClN2O. The van der Waals surface area contributed by atoms with Gasteiger partial charge < -0.3 is 9.64 Å². The Hall–Kier alpha value is 0.170. The van der Waals surface area contributed by atoms with Crippen LogP contribution in [-0.4, -0.2) is 68.2 Å². The van der Waals surface area contributed by atoms with Gasteiger partial charge in [0.1, 0.15) is 0 Å². The third-order valence-corrected chi connectivity index (χ3v) is 4.01. The molecule has 0 N–H and O–H groups in total. The molecule has 0 unspecified atom stereocenters. The minimum Gasteiger partial charge on any atom is -0.379 e. The van der Waals surface area contributed by atoms with Gasteiger partial charge in [-0.2, -0.15) is 0 Å². The molecule has 94 valence electrons. The predicted molar refractivity (Wildman–Crippen MR) is 67.1 cm³/mol. The molecule has 1 aliphatic heterocycles.